The van der Waals surface area contributed by atoms with Gasteiger partial charge in [-0.1, -0.05) is 31.5 Å². The molecule has 0 radical (unpaired) electrons. The molecule has 0 fully saturated rings. The minimum Gasteiger partial charge on any atom is -0.494 e. The summed E-state index contributed by atoms with van der Waals surface area (Å²) >= 11 is 0. The first-order chi connectivity index (χ1) is 9.19. The van der Waals surface area contributed by atoms with Crippen molar-refractivity contribution in [2.45, 2.75) is 39.2 Å². The van der Waals surface area contributed by atoms with E-state index >= 15 is 0 Å². The molecule has 1 aromatic rings. The number of ether oxygens (including phenoxy) is 1. The van der Waals surface area contributed by atoms with Crippen molar-refractivity contribution in [1.29, 1.82) is 0 Å². The van der Waals surface area contributed by atoms with E-state index in [0.29, 0.717) is 13.2 Å². The maximum absolute atomic E-state index is 11.7. The van der Waals surface area contributed by atoms with Crippen molar-refractivity contribution < 1.29 is 9.53 Å². The fourth-order valence-corrected chi connectivity index (χ4v) is 1.90. The van der Waals surface area contributed by atoms with Crippen molar-refractivity contribution in [3.05, 3.63) is 29.8 Å². The minimum absolute atomic E-state index is 0.0734. The molecule has 106 valence electrons. The molecule has 0 saturated heterocycles. The van der Waals surface area contributed by atoms with E-state index < -0.39 is 6.04 Å². The third-order valence-corrected chi connectivity index (χ3v) is 2.90. The van der Waals surface area contributed by atoms with Gasteiger partial charge in [0.1, 0.15) is 5.75 Å². The van der Waals surface area contributed by atoms with Crippen LogP contribution in [0.1, 0.15) is 32.3 Å². The van der Waals surface area contributed by atoms with E-state index in [1.54, 1.807) is 0 Å². The number of para-hydroxylation sites is 1. The maximum atomic E-state index is 11.7. The molecule has 19 heavy (non-hydrogen) atoms. The lowest BCUT2D eigenvalue weighted by atomic mass is 10.1. The van der Waals surface area contributed by atoms with Crippen LogP contribution in [-0.2, 0) is 11.2 Å². The Morgan fingerprint density at radius 1 is 1.37 bits per heavy atom. The molecule has 0 bridgehead atoms. The zero-order chi connectivity index (χ0) is 14.1. The van der Waals surface area contributed by atoms with Gasteiger partial charge in [-0.15, -0.1) is 0 Å². The van der Waals surface area contributed by atoms with Gasteiger partial charge in [0.2, 0.25) is 5.91 Å². The van der Waals surface area contributed by atoms with Crippen LogP contribution in [0.15, 0.2) is 24.3 Å². The molecule has 1 atom stereocenters. The summed E-state index contributed by atoms with van der Waals surface area (Å²) in [4.78, 5) is 11.7. The highest BCUT2D eigenvalue weighted by atomic mass is 16.5. The van der Waals surface area contributed by atoms with Gasteiger partial charge in [-0.3, -0.25) is 4.79 Å². The molecule has 0 aliphatic carbocycles. The largest absolute Gasteiger partial charge is 0.494 e. The second-order valence-electron chi connectivity index (χ2n) is 4.48. The van der Waals surface area contributed by atoms with Gasteiger partial charge in [-0.25, -0.2) is 0 Å². The lowest BCUT2D eigenvalue weighted by molar-refractivity contribution is -0.122. The number of amides is 1. The van der Waals surface area contributed by atoms with Crippen LogP contribution < -0.4 is 15.8 Å². The van der Waals surface area contributed by atoms with E-state index in [9.17, 15) is 4.79 Å². The number of nitrogens with two attached hydrogens (primary N) is 1. The quantitative estimate of drug-likeness (QED) is 0.753. The zero-order valence-corrected chi connectivity index (χ0v) is 11.8. The summed E-state index contributed by atoms with van der Waals surface area (Å²) in [7, 11) is 0. The van der Waals surface area contributed by atoms with Gasteiger partial charge in [0.15, 0.2) is 0 Å². The van der Waals surface area contributed by atoms with Crippen LogP contribution in [0.2, 0.25) is 0 Å². The van der Waals surface area contributed by atoms with Crippen LogP contribution in [-0.4, -0.2) is 25.1 Å². The summed E-state index contributed by atoms with van der Waals surface area (Å²) in [5.41, 5.74) is 6.85. The first kappa shape index (κ1) is 15.5. The molecular weight excluding hydrogens is 240 g/mol. The predicted octanol–water partition coefficient (Wildman–Crippen LogP) is 1.87. The highest BCUT2D eigenvalue weighted by Crippen LogP contribution is 2.17. The molecule has 0 aliphatic heterocycles. The minimum atomic E-state index is -0.396. The number of carbonyl (C=O) groups is 1. The first-order valence-corrected chi connectivity index (χ1v) is 6.93. The Kier molecular flexibility index (Phi) is 6.97. The number of nitrogens with one attached hydrogen (secondary N) is 1. The van der Waals surface area contributed by atoms with Crippen LogP contribution in [0.25, 0.3) is 0 Å². The van der Waals surface area contributed by atoms with E-state index in [4.69, 9.17) is 10.5 Å². The average molecular weight is 264 g/mol. The van der Waals surface area contributed by atoms with Gasteiger partial charge in [0.25, 0.3) is 0 Å². The summed E-state index contributed by atoms with van der Waals surface area (Å²) in [6, 6.07) is 7.49. The number of hydrogen-bond acceptors (Lipinski definition) is 3. The van der Waals surface area contributed by atoms with E-state index in [2.05, 4.69) is 5.32 Å². The fraction of sp³-hybridized carbons (Fsp3) is 0.533. The van der Waals surface area contributed by atoms with Crippen molar-refractivity contribution in [3.63, 3.8) is 0 Å². The van der Waals surface area contributed by atoms with E-state index in [-0.39, 0.29) is 5.91 Å². The van der Waals surface area contributed by atoms with Crippen LogP contribution in [0.5, 0.6) is 5.75 Å². The van der Waals surface area contributed by atoms with Crippen molar-refractivity contribution in [1.82, 2.24) is 5.32 Å². The van der Waals surface area contributed by atoms with E-state index in [1.165, 1.54) is 0 Å². The molecule has 0 heterocycles. The second kappa shape index (κ2) is 8.53. The highest BCUT2D eigenvalue weighted by molar-refractivity contribution is 5.81. The molecule has 4 nitrogen and oxygen atoms in total. The Labute approximate surface area is 115 Å². The van der Waals surface area contributed by atoms with Crippen molar-refractivity contribution in [2.75, 3.05) is 13.2 Å². The van der Waals surface area contributed by atoms with Gasteiger partial charge in [0.05, 0.1) is 12.6 Å². The number of hydrogen-bond donors (Lipinski definition) is 2. The smallest absolute Gasteiger partial charge is 0.236 e. The van der Waals surface area contributed by atoms with Crippen LogP contribution >= 0.6 is 0 Å². The van der Waals surface area contributed by atoms with Gasteiger partial charge in [-0.05, 0) is 31.4 Å². The summed E-state index contributed by atoms with van der Waals surface area (Å²) < 4.78 is 5.54. The predicted molar refractivity (Wildman–Crippen MR) is 77.2 cm³/mol. The molecular formula is C15H24N2O2. The van der Waals surface area contributed by atoms with E-state index in [0.717, 1.165) is 30.6 Å². The molecule has 3 N–H and O–H groups in total. The summed E-state index contributed by atoms with van der Waals surface area (Å²) in [5.74, 6) is 0.813. The van der Waals surface area contributed by atoms with Gasteiger partial charge in [-0.2, -0.15) is 0 Å². The van der Waals surface area contributed by atoms with Crippen LogP contribution in [0, 0.1) is 0 Å². The molecule has 1 rings (SSSR count). The monoisotopic (exact) mass is 264 g/mol. The molecule has 1 aromatic carbocycles. The molecule has 0 aromatic heterocycles. The zero-order valence-electron chi connectivity index (χ0n) is 11.8. The number of carbonyl (C=O) groups excluding carboxylic acids is 1. The Morgan fingerprint density at radius 2 is 2.11 bits per heavy atom. The molecule has 4 heteroatoms. The van der Waals surface area contributed by atoms with Gasteiger partial charge < -0.3 is 15.8 Å². The molecule has 0 spiro atoms. The summed E-state index contributed by atoms with van der Waals surface area (Å²) in [6.07, 6.45) is 2.39. The van der Waals surface area contributed by atoms with Gasteiger partial charge in [0, 0.05) is 6.54 Å². The SMILES string of the molecule is CCCC(N)C(=O)NCCc1ccccc1OCC. The number of benzene rings is 1. The lowest BCUT2D eigenvalue weighted by Gasteiger charge is -2.13. The fourth-order valence-electron chi connectivity index (χ4n) is 1.90. The van der Waals surface area contributed by atoms with Crippen LogP contribution in [0.4, 0.5) is 0 Å². The highest BCUT2D eigenvalue weighted by Gasteiger charge is 2.11. The summed E-state index contributed by atoms with van der Waals surface area (Å²) in [5, 5.41) is 2.87. The molecule has 0 saturated carbocycles. The van der Waals surface area contributed by atoms with Crippen LogP contribution in [0.3, 0.4) is 0 Å². The van der Waals surface area contributed by atoms with Crippen molar-refractivity contribution in [2.24, 2.45) is 5.73 Å². The third-order valence-electron chi connectivity index (χ3n) is 2.90. The lowest BCUT2D eigenvalue weighted by Crippen LogP contribution is -2.41. The summed E-state index contributed by atoms with van der Waals surface area (Å²) in [6.45, 7) is 5.21. The second-order valence-corrected chi connectivity index (χ2v) is 4.48. The van der Waals surface area contributed by atoms with Crippen molar-refractivity contribution in [3.8, 4) is 5.75 Å². The normalized spacial score (nSPS) is 11.9. The topological polar surface area (TPSA) is 64.4 Å². The Morgan fingerprint density at radius 3 is 2.79 bits per heavy atom. The first-order valence-electron chi connectivity index (χ1n) is 6.93. The Hall–Kier alpha value is -1.55. The average Bonchev–Trinajstić information content (AvgIpc) is 2.41. The Bertz CT molecular complexity index is 393. The Balaban J connectivity index is 2.42. The number of rotatable bonds is 8. The van der Waals surface area contributed by atoms with E-state index in [1.807, 2.05) is 38.1 Å². The molecule has 1 unspecified atom stereocenters. The van der Waals surface area contributed by atoms with Gasteiger partial charge >= 0.3 is 0 Å². The molecule has 0 aliphatic rings. The molecule has 1 amide bonds. The maximum Gasteiger partial charge on any atom is 0.236 e. The van der Waals surface area contributed by atoms with Crippen molar-refractivity contribution >= 4 is 5.91 Å². The standard InChI is InChI=1S/C15H24N2O2/c1-3-7-13(16)15(18)17-11-10-12-8-5-6-9-14(12)19-4-2/h5-6,8-9,13H,3-4,7,10-11,16H2,1-2H3,(H,17,18). The third kappa shape index (κ3) is 5.30.